The number of carboxylic acid groups (broad SMARTS) is 1. The van der Waals surface area contributed by atoms with Crippen LogP contribution in [0.3, 0.4) is 0 Å². The van der Waals surface area contributed by atoms with Crippen molar-refractivity contribution in [2.24, 2.45) is 0 Å². The SMILES string of the molecule is CCOc1cc(C(=O)N2CCNC(=O)C2c2ccccc2)ccc1OCC(=O)O. The number of hydrogen-bond donors (Lipinski definition) is 2. The minimum Gasteiger partial charge on any atom is -0.490 e. The van der Waals surface area contributed by atoms with Gasteiger partial charge < -0.3 is 24.8 Å². The summed E-state index contributed by atoms with van der Waals surface area (Å²) < 4.78 is 10.7. The van der Waals surface area contributed by atoms with Gasteiger partial charge in [-0.05, 0) is 30.7 Å². The molecule has 1 atom stereocenters. The Hall–Kier alpha value is -3.55. The maximum absolute atomic E-state index is 13.2. The number of ether oxygens (including phenoxy) is 2. The molecule has 1 aliphatic heterocycles. The lowest BCUT2D eigenvalue weighted by Gasteiger charge is -2.35. The van der Waals surface area contributed by atoms with Gasteiger partial charge in [-0.25, -0.2) is 4.79 Å². The average molecular weight is 398 g/mol. The predicted octanol–water partition coefficient (Wildman–Crippen LogP) is 1.86. The van der Waals surface area contributed by atoms with E-state index in [-0.39, 0.29) is 23.3 Å². The monoisotopic (exact) mass is 398 g/mol. The molecule has 2 amide bonds. The molecule has 0 bridgehead atoms. The van der Waals surface area contributed by atoms with Gasteiger partial charge in [-0.15, -0.1) is 0 Å². The van der Waals surface area contributed by atoms with E-state index in [1.54, 1.807) is 6.92 Å². The summed E-state index contributed by atoms with van der Waals surface area (Å²) >= 11 is 0. The molecule has 8 heteroatoms. The highest BCUT2D eigenvalue weighted by molar-refractivity contribution is 5.99. The van der Waals surface area contributed by atoms with Crippen molar-refractivity contribution in [2.75, 3.05) is 26.3 Å². The molecule has 1 fully saturated rings. The molecule has 0 spiro atoms. The molecule has 0 aliphatic carbocycles. The molecule has 0 radical (unpaired) electrons. The lowest BCUT2D eigenvalue weighted by Crippen LogP contribution is -2.52. The van der Waals surface area contributed by atoms with Gasteiger partial charge in [-0.3, -0.25) is 9.59 Å². The predicted molar refractivity (Wildman–Crippen MR) is 104 cm³/mol. The molecule has 29 heavy (non-hydrogen) atoms. The lowest BCUT2D eigenvalue weighted by atomic mass is 10.0. The largest absolute Gasteiger partial charge is 0.490 e. The number of carbonyl (C=O) groups excluding carboxylic acids is 2. The highest BCUT2D eigenvalue weighted by Gasteiger charge is 2.35. The van der Waals surface area contributed by atoms with E-state index in [9.17, 15) is 14.4 Å². The van der Waals surface area contributed by atoms with Gasteiger partial charge >= 0.3 is 5.97 Å². The number of amides is 2. The van der Waals surface area contributed by atoms with Crippen LogP contribution in [0.5, 0.6) is 11.5 Å². The highest BCUT2D eigenvalue weighted by Crippen LogP contribution is 2.31. The van der Waals surface area contributed by atoms with Crippen molar-refractivity contribution < 1.29 is 29.0 Å². The van der Waals surface area contributed by atoms with E-state index in [0.29, 0.717) is 25.3 Å². The topological polar surface area (TPSA) is 105 Å². The van der Waals surface area contributed by atoms with Gasteiger partial charge in [0.25, 0.3) is 5.91 Å². The van der Waals surface area contributed by atoms with Crippen LogP contribution >= 0.6 is 0 Å². The van der Waals surface area contributed by atoms with Crippen LogP contribution in [0.25, 0.3) is 0 Å². The maximum Gasteiger partial charge on any atom is 0.341 e. The third kappa shape index (κ3) is 4.66. The van der Waals surface area contributed by atoms with Crippen molar-refractivity contribution in [1.29, 1.82) is 0 Å². The van der Waals surface area contributed by atoms with E-state index in [4.69, 9.17) is 14.6 Å². The molecule has 3 rings (SSSR count). The summed E-state index contributed by atoms with van der Waals surface area (Å²) in [5, 5.41) is 11.6. The van der Waals surface area contributed by atoms with Crippen LogP contribution in [0, 0.1) is 0 Å². The highest BCUT2D eigenvalue weighted by atomic mass is 16.5. The van der Waals surface area contributed by atoms with Crippen molar-refractivity contribution in [2.45, 2.75) is 13.0 Å². The normalized spacial score (nSPS) is 16.1. The second kappa shape index (κ2) is 9.09. The Balaban J connectivity index is 1.90. The molecule has 0 saturated carbocycles. The molecule has 152 valence electrons. The van der Waals surface area contributed by atoms with Crippen LogP contribution in [0.1, 0.15) is 28.9 Å². The molecule has 2 aromatic carbocycles. The van der Waals surface area contributed by atoms with Gasteiger partial charge in [0.15, 0.2) is 18.1 Å². The van der Waals surface area contributed by atoms with Gasteiger partial charge in [0.2, 0.25) is 5.91 Å². The Labute approximate surface area is 168 Å². The minimum absolute atomic E-state index is 0.234. The number of carbonyl (C=O) groups is 3. The fourth-order valence-electron chi connectivity index (χ4n) is 3.19. The van der Waals surface area contributed by atoms with Gasteiger partial charge in [-0.1, -0.05) is 30.3 Å². The number of carboxylic acids is 1. The van der Waals surface area contributed by atoms with Crippen molar-refractivity contribution in [3.05, 3.63) is 59.7 Å². The standard InChI is InChI=1S/C21H22N2O6/c1-2-28-17-12-15(8-9-16(17)29-13-18(24)25)21(27)23-11-10-22-20(26)19(23)14-6-4-3-5-7-14/h3-9,12,19H,2,10-11,13H2,1H3,(H,22,26)(H,24,25). The molecule has 1 aliphatic rings. The summed E-state index contributed by atoms with van der Waals surface area (Å²) in [5.74, 6) is -1.15. The fraction of sp³-hybridized carbons (Fsp3) is 0.286. The van der Waals surface area contributed by atoms with Gasteiger partial charge in [-0.2, -0.15) is 0 Å². The second-order valence-electron chi connectivity index (χ2n) is 6.38. The molecule has 0 aromatic heterocycles. The number of aliphatic carboxylic acids is 1. The number of benzene rings is 2. The Morgan fingerprint density at radius 2 is 1.90 bits per heavy atom. The lowest BCUT2D eigenvalue weighted by molar-refractivity contribution is -0.139. The van der Waals surface area contributed by atoms with Crippen LogP contribution < -0.4 is 14.8 Å². The van der Waals surface area contributed by atoms with Crippen molar-refractivity contribution in [3.63, 3.8) is 0 Å². The number of nitrogens with one attached hydrogen (secondary N) is 1. The smallest absolute Gasteiger partial charge is 0.341 e. The van der Waals surface area contributed by atoms with E-state index in [1.165, 1.54) is 23.1 Å². The zero-order chi connectivity index (χ0) is 20.8. The Morgan fingerprint density at radius 3 is 2.59 bits per heavy atom. The van der Waals surface area contributed by atoms with Crippen LogP contribution in [0.4, 0.5) is 0 Å². The molecule has 2 aromatic rings. The third-order valence-electron chi connectivity index (χ3n) is 4.43. The minimum atomic E-state index is -1.11. The Kier molecular flexibility index (Phi) is 6.33. The van der Waals surface area contributed by atoms with Crippen LogP contribution in [0.15, 0.2) is 48.5 Å². The molecule has 8 nitrogen and oxygen atoms in total. The zero-order valence-electron chi connectivity index (χ0n) is 16.0. The number of piperazine rings is 1. The summed E-state index contributed by atoms with van der Waals surface area (Å²) in [6.07, 6.45) is 0. The van der Waals surface area contributed by atoms with Gasteiger partial charge in [0, 0.05) is 18.7 Å². The van der Waals surface area contributed by atoms with Gasteiger partial charge in [0.1, 0.15) is 6.04 Å². The van der Waals surface area contributed by atoms with Crippen LogP contribution in [-0.4, -0.2) is 54.1 Å². The van der Waals surface area contributed by atoms with Crippen LogP contribution in [0.2, 0.25) is 0 Å². The third-order valence-corrected chi connectivity index (χ3v) is 4.43. The number of rotatable bonds is 7. The molecule has 1 saturated heterocycles. The second-order valence-corrected chi connectivity index (χ2v) is 6.38. The average Bonchev–Trinajstić information content (AvgIpc) is 2.73. The summed E-state index contributed by atoms with van der Waals surface area (Å²) in [7, 11) is 0. The van der Waals surface area contributed by atoms with Crippen molar-refractivity contribution >= 4 is 17.8 Å². The molecular formula is C21H22N2O6. The molecule has 1 unspecified atom stereocenters. The van der Waals surface area contributed by atoms with Crippen LogP contribution in [-0.2, 0) is 9.59 Å². The van der Waals surface area contributed by atoms with E-state index in [1.807, 2.05) is 30.3 Å². The molecule has 1 heterocycles. The molecule has 2 N–H and O–H groups in total. The summed E-state index contributed by atoms with van der Waals surface area (Å²) in [6.45, 7) is 2.31. The number of hydrogen-bond acceptors (Lipinski definition) is 5. The van der Waals surface area contributed by atoms with Crippen molar-refractivity contribution in [1.82, 2.24) is 10.2 Å². The first-order chi connectivity index (χ1) is 14.0. The van der Waals surface area contributed by atoms with E-state index in [2.05, 4.69) is 5.32 Å². The summed E-state index contributed by atoms with van der Waals surface area (Å²) in [5.41, 5.74) is 1.05. The van der Waals surface area contributed by atoms with E-state index < -0.39 is 18.6 Å². The fourth-order valence-corrected chi connectivity index (χ4v) is 3.19. The van der Waals surface area contributed by atoms with Gasteiger partial charge in [0.05, 0.1) is 6.61 Å². The zero-order valence-corrected chi connectivity index (χ0v) is 16.0. The van der Waals surface area contributed by atoms with E-state index in [0.717, 1.165) is 5.56 Å². The first-order valence-electron chi connectivity index (χ1n) is 9.26. The quantitative estimate of drug-likeness (QED) is 0.738. The Bertz CT molecular complexity index is 899. The first-order valence-corrected chi connectivity index (χ1v) is 9.26. The first kappa shape index (κ1) is 20.2. The summed E-state index contributed by atoms with van der Waals surface area (Å²) in [6, 6.07) is 12.9. The van der Waals surface area contributed by atoms with Crippen molar-refractivity contribution in [3.8, 4) is 11.5 Å². The number of nitrogens with zero attached hydrogens (tertiary/aromatic N) is 1. The summed E-state index contributed by atoms with van der Waals surface area (Å²) in [4.78, 5) is 38.0. The molecular weight excluding hydrogens is 376 g/mol. The Morgan fingerprint density at radius 1 is 1.14 bits per heavy atom. The maximum atomic E-state index is 13.2. The van der Waals surface area contributed by atoms with E-state index >= 15 is 0 Å².